The average Bonchev–Trinajstić information content (AvgIpc) is 3.20. The first-order chi connectivity index (χ1) is 17.2. The maximum absolute atomic E-state index is 13.3. The van der Waals surface area contributed by atoms with Crippen molar-refractivity contribution in [2.45, 2.75) is 57.3 Å². The molecule has 10 heteroatoms. The van der Waals surface area contributed by atoms with Gasteiger partial charge in [-0.2, -0.15) is 13.2 Å². The first-order valence-electron chi connectivity index (χ1n) is 11.9. The molecule has 0 atom stereocenters. The molecule has 4 rings (SSSR count). The minimum atomic E-state index is -4.43. The highest BCUT2D eigenvalue weighted by atomic mass is 19.4. The van der Waals surface area contributed by atoms with Crippen molar-refractivity contribution in [1.29, 1.82) is 0 Å². The molecule has 1 aromatic carbocycles. The fraction of sp³-hybridized carbons (Fsp3) is 0.423. The number of pyridine rings is 1. The topological polar surface area (TPSA) is 84.2 Å². The van der Waals surface area contributed by atoms with Gasteiger partial charge in [-0.3, -0.25) is 9.59 Å². The molecular weight excluding hydrogens is 478 g/mol. The zero-order valence-corrected chi connectivity index (χ0v) is 19.5. The number of benzene rings is 1. The molecule has 0 bridgehead atoms. The predicted molar refractivity (Wildman–Crippen MR) is 125 cm³/mol. The van der Waals surface area contributed by atoms with Gasteiger partial charge < -0.3 is 15.0 Å². The summed E-state index contributed by atoms with van der Waals surface area (Å²) in [4.78, 5) is 28.6. The molecule has 1 aliphatic rings. The normalized spacial score (nSPS) is 18.3. The van der Waals surface area contributed by atoms with Gasteiger partial charge in [0.05, 0.1) is 17.7 Å². The zero-order valence-electron chi connectivity index (χ0n) is 19.5. The van der Waals surface area contributed by atoms with Crippen molar-refractivity contribution >= 4 is 22.9 Å². The number of aromatic nitrogens is 2. The smallest absolute Gasteiger partial charge is 0.416 e. The van der Waals surface area contributed by atoms with Crippen LogP contribution in [-0.2, 0) is 23.9 Å². The number of hydrogen-bond acceptors (Lipinski definition) is 3. The molecule has 36 heavy (non-hydrogen) atoms. The van der Waals surface area contributed by atoms with E-state index in [9.17, 15) is 27.2 Å². The Morgan fingerprint density at radius 1 is 1.08 bits per heavy atom. The summed E-state index contributed by atoms with van der Waals surface area (Å²) in [7, 11) is 0. The van der Waals surface area contributed by atoms with Crippen LogP contribution in [0.4, 0.5) is 17.6 Å². The van der Waals surface area contributed by atoms with Crippen LogP contribution in [0.15, 0.2) is 42.7 Å². The van der Waals surface area contributed by atoms with E-state index in [-0.39, 0.29) is 37.3 Å². The molecule has 1 aliphatic carbocycles. The van der Waals surface area contributed by atoms with Gasteiger partial charge in [0.25, 0.3) is 5.91 Å². The summed E-state index contributed by atoms with van der Waals surface area (Å²) < 4.78 is 53.6. The first kappa shape index (κ1) is 25.7. The van der Waals surface area contributed by atoms with E-state index in [1.54, 1.807) is 23.0 Å². The Balaban J connectivity index is 1.59. The number of carboxylic acid groups (broad SMARTS) is 1. The number of alkyl halides is 4. The molecule has 0 saturated heterocycles. The van der Waals surface area contributed by atoms with Gasteiger partial charge in [0.1, 0.15) is 12.3 Å². The van der Waals surface area contributed by atoms with Crippen molar-refractivity contribution < 1.29 is 32.3 Å². The maximum Gasteiger partial charge on any atom is 0.416 e. The summed E-state index contributed by atoms with van der Waals surface area (Å²) in [5, 5.41) is 12.6. The molecule has 1 fully saturated rings. The van der Waals surface area contributed by atoms with Gasteiger partial charge in [-0.25, -0.2) is 9.37 Å². The second-order valence-electron chi connectivity index (χ2n) is 9.25. The quantitative estimate of drug-likeness (QED) is 0.403. The standard InChI is InChI=1S/C26H27F4N3O3/c27-10-12-33-15-21(25(36)32-20-7-3-17(4-8-20)14-22(34)35)23-18(9-11-31-24(23)33)13-16-1-5-19(6-2-16)26(28,29)30/h1-2,5-6,9,11,15,17,20H,3-4,7-8,10,12-14H2,(H,32,36)(H,34,35)/t17-,20-. The van der Waals surface area contributed by atoms with Gasteiger partial charge in [0, 0.05) is 30.2 Å². The number of aliphatic carboxylic acids is 1. The fourth-order valence-electron chi connectivity index (χ4n) is 4.92. The number of fused-ring (bicyclic) bond motifs is 1. The molecule has 192 valence electrons. The lowest BCUT2D eigenvalue weighted by atomic mass is 9.84. The Labute approximate surface area is 205 Å². The Bertz CT molecular complexity index is 1230. The van der Waals surface area contributed by atoms with Crippen LogP contribution in [0.2, 0.25) is 0 Å². The molecular formula is C26H27F4N3O3. The highest BCUT2D eigenvalue weighted by Crippen LogP contribution is 2.31. The number of hydrogen-bond donors (Lipinski definition) is 2. The highest BCUT2D eigenvalue weighted by molar-refractivity contribution is 6.07. The van der Waals surface area contributed by atoms with Crippen LogP contribution in [0, 0.1) is 5.92 Å². The molecule has 0 spiro atoms. The van der Waals surface area contributed by atoms with E-state index < -0.39 is 24.4 Å². The Kier molecular flexibility index (Phi) is 7.61. The zero-order chi connectivity index (χ0) is 25.9. The van der Waals surface area contributed by atoms with Gasteiger partial charge >= 0.3 is 12.1 Å². The van der Waals surface area contributed by atoms with Crippen molar-refractivity contribution in [3.8, 4) is 0 Å². The van der Waals surface area contributed by atoms with Crippen LogP contribution in [-0.4, -0.2) is 39.3 Å². The maximum atomic E-state index is 13.3. The number of carbonyl (C=O) groups is 2. The lowest BCUT2D eigenvalue weighted by molar-refractivity contribution is -0.139. The number of halogens is 4. The third-order valence-corrected chi connectivity index (χ3v) is 6.73. The third-order valence-electron chi connectivity index (χ3n) is 6.73. The summed E-state index contributed by atoms with van der Waals surface area (Å²) in [5.74, 6) is -1.06. The molecule has 6 nitrogen and oxygen atoms in total. The van der Waals surface area contributed by atoms with E-state index in [4.69, 9.17) is 5.11 Å². The molecule has 2 N–H and O–H groups in total. The van der Waals surface area contributed by atoms with Gasteiger partial charge in [-0.1, -0.05) is 12.1 Å². The van der Waals surface area contributed by atoms with Crippen LogP contribution in [0.5, 0.6) is 0 Å². The summed E-state index contributed by atoms with van der Waals surface area (Å²) >= 11 is 0. The van der Waals surface area contributed by atoms with E-state index in [0.717, 1.165) is 12.1 Å². The lowest BCUT2D eigenvalue weighted by Crippen LogP contribution is -2.37. The molecule has 1 amide bonds. The van der Waals surface area contributed by atoms with Gasteiger partial charge in [0.2, 0.25) is 0 Å². The summed E-state index contributed by atoms with van der Waals surface area (Å²) in [6.45, 7) is -0.635. The number of aryl methyl sites for hydroxylation is 1. The number of carboxylic acids is 1. The van der Waals surface area contributed by atoms with Gasteiger partial charge in [0.15, 0.2) is 0 Å². The SMILES string of the molecule is O=C(O)C[C@H]1CC[C@H](NC(=O)c2cn(CCF)c3nccc(Cc4ccc(C(F)(F)F)cc4)c23)CC1. The first-order valence-corrected chi connectivity index (χ1v) is 11.9. The van der Waals surface area contributed by atoms with E-state index in [2.05, 4.69) is 10.3 Å². The van der Waals surface area contributed by atoms with Crippen LogP contribution >= 0.6 is 0 Å². The van der Waals surface area contributed by atoms with Crippen molar-refractivity contribution in [1.82, 2.24) is 14.9 Å². The van der Waals surface area contributed by atoms with E-state index >= 15 is 0 Å². The van der Waals surface area contributed by atoms with Gasteiger partial charge in [-0.15, -0.1) is 0 Å². The Hall–Kier alpha value is -3.43. The second-order valence-corrected chi connectivity index (χ2v) is 9.25. The molecule has 3 aromatic rings. The van der Waals surface area contributed by atoms with E-state index in [1.807, 2.05) is 0 Å². The van der Waals surface area contributed by atoms with Crippen LogP contribution in [0.25, 0.3) is 11.0 Å². The molecule has 2 aromatic heterocycles. The van der Waals surface area contributed by atoms with Crippen LogP contribution in [0.3, 0.4) is 0 Å². The molecule has 0 unspecified atom stereocenters. The number of nitrogens with zero attached hydrogens (tertiary/aromatic N) is 2. The largest absolute Gasteiger partial charge is 0.481 e. The van der Waals surface area contributed by atoms with E-state index in [1.165, 1.54) is 12.1 Å². The third kappa shape index (κ3) is 5.85. The minimum absolute atomic E-state index is 0.0147. The number of carbonyl (C=O) groups excluding carboxylic acids is 1. The molecule has 1 saturated carbocycles. The van der Waals surface area contributed by atoms with E-state index in [0.29, 0.717) is 53.4 Å². The molecule has 2 heterocycles. The minimum Gasteiger partial charge on any atom is -0.481 e. The monoisotopic (exact) mass is 505 g/mol. The van der Waals surface area contributed by atoms with Crippen LogP contribution < -0.4 is 5.32 Å². The number of nitrogens with one attached hydrogen (secondary N) is 1. The predicted octanol–water partition coefficient (Wildman–Crippen LogP) is 5.38. The molecule has 0 aliphatic heterocycles. The fourth-order valence-corrected chi connectivity index (χ4v) is 4.92. The Morgan fingerprint density at radius 2 is 1.78 bits per heavy atom. The van der Waals surface area contributed by atoms with Crippen molar-refractivity contribution in [3.63, 3.8) is 0 Å². The van der Waals surface area contributed by atoms with Gasteiger partial charge in [-0.05, 0) is 67.3 Å². The van der Waals surface area contributed by atoms with Crippen molar-refractivity contribution in [2.24, 2.45) is 5.92 Å². The molecule has 0 radical (unpaired) electrons. The van der Waals surface area contributed by atoms with Crippen molar-refractivity contribution in [2.75, 3.05) is 6.67 Å². The average molecular weight is 506 g/mol. The summed E-state index contributed by atoms with van der Waals surface area (Å²) in [6.07, 6.45) is 1.84. The summed E-state index contributed by atoms with van der Waals surface area (Å²) in [5.41, 5.74) is 1.37. The summed E-state index contributed by atoms with van der Waals surface area (Å²) in [6, 6.07) is 6.48. The second kappa shape index (κ2) is 10.7. The Morgan fingerprint density at radius 3 is 2.39 bits per heavy atom. The van der Waals surface area contributed by atoms with Crippen LogP contribution in [0.1, 0.15) is 59.2 Å². The lowest BCUT2D eigenvalue weighted by Gasteiger charge is -2.28. The van der Waals surface area contributed by atoms with Crippen molar-refractivity contribution in [3.05, 3.63) is 65.0 Å². The number of amides is 1. The highest BCUT2D eigenvalue weighted by Gasteiger charge is 2.30. The number of rotatable bonds is 8.